The molecule has 38 heavy (non-hydrogen) atoms. The first-order valence-corrected chi connectivity index (χ1v) is 14.3. The minimum absolute atomic E-state index is 0.0603. The van der Waals surface area contributed by atoms with Gasteiger partial charge in [-0.1, -0.05) is 51.8 Å². The van der Waals surface area contributed by atoms with E-state index in [4.69, 9.17) is 16.3 Å². The average molecular weight is 609 g/mol. The minimum atomic E-state index is -1.15. The molecule has 1 N–H and O–H groups in total. The van der Waals surface area contributed by atoms with Crippen LogP contribution in [-0.2, 0) is 19.1 Å². The van der Waals surface area contributed by atoms with Gasteiger partial charge in [-0.05, 0) is 37.8 Å². The van der Waals surface area contributed by atoms with Gasteiger partial charge in [0.05, 0.1) is 28.6 Å². The molecule has 3 fully saturated rings. The van der Waals surface area contributed by atoms with Gasteiger partial charge in [0.1, 0.15) is 11.6 Å². The Morgan fingerprint density at radius 3 is 2.58 bits per heavy atom. The summed E-state index contributed by atoms with van der Waals surface area (Å²) in [5, 5.41) is 9.64. The Balaban J connectivity index is 1.77. The highest BCUT2D eigenvalue weighted by Crippen LogP contribution is 2.60. The number of rotatable bonds is 12. The maximum Gasteiger partial charge on any atom is 0.253 e. The molecule has 0 radical (unpaired) electrons. The Hall–Kier alpha value is -2.20. The molecular formula is C28H35BrClN3O5. The van der Waals surface area contributed by atoms with Crippen molar-refractivity contribution in [2.75, 3.05) is 38.2 Å². The van der Waals surface area contributed by atoms with Crippen LogP contribution in [0.3, 0.4) is 0 Å². The van der Waals surface area contributed by atoms with Gasteiger partial charge >= 0.3 is 0 Å². The number of ether oxygens (including phenoxy) is 1. The first kappa shape index (κ1) is 28.8. The predicted octanol–water partition coefficient (Wildman–Crippen LogP) is 3.41. The number of unbranched alkanes of at least 4 members (excludes halogenated alkanes) is 2. The molecule has 0 aromatic heterocycles. The summed E-state index contributed by atoms with van der Waals surface area (Å²) < 4.78 is 6.59. The van der Waals surface area contributed by atoms with Gasteiger partial charge in [0, 0.05) is 38.1 Å². The zero-order valence-electron chi connectivity index (χ0n) is 21.6. The topological polar surface area (TPSA) is 90.4 Å². The second-order valence-corrected chi connectivity index (χ2v) is 11.8. The molecule has 10 heteroatoms. The SMILES string of the molecule is C=CCN(C)C(=O)[C@H]1[C@@H]2OC3(CC2Br)C(C(=O)N(CC=C)c2ccccc2Cl)N(CCCCCO)C(=O)[C@H]13. The highest BCUT2D eigenvalue weighted by atomic mass is 79.9. The number of halogens is 2. The molecule has 3 amide bonds. The molecule has 206 valence electrons. The number of hydrogen-bond acceptors (Lipinski definition) is 5. The van der Waals surface area contributed by atoms with Crippen molar-refractivity contribution in [3.63, 3.8) is 0 Å². The highest BCUT2D eigenvalue weighted by molar-refractivity contribution is 9.09. The maximum atomic E-state index is 14.5. The van der Waals surface area contributed by atoms with Crippen LogP contribution in [0.5, 0.6) is 0 Å². The first-order valence-electron chi connectivity index (χ1n) is 13.0. The number of aliphatic hydroxyl groups excluding tert-OH is 1. The lowest BCUT2D eigenvalue weighted by atomic mass is 9.70. The van der Waals surface area contributed by atoms with E-state index in [1.807, 2.05) is 0 Å². The van der Waals surface area contributed by atoms with Crippen LogP contribution >= 0.6 is 27.5 Å². The number of fused-ring (bicyclic) bond motifs is 1. The van der Waals surface area contributed by atoms with Crippen LogP contribution in [0.2, 0.25) is 5.02 Å². The lowest BCUT2D eigenvalue weighted by molar-refractivity contribution is -0.144. The maximum absolute atomic E-state index is 14.5. The van der Waals surface area contributed by atoms with Crippen LogP contribution in [0.1, 0.15) is 25.7 Å². The van der Waals surface area contributed by atoms with Crippen LogP contribution in [0.25, 0.3) is 0 Å². The second-order valence-electron chi connectivity index (χ2n) is 10.2. The molecule has 2 bridgehead atoms. The number of nitrogens with zero attached hydrogens (tertiary/aromatic N) is 3. The molecule has 1 spiro atoms. The van der Waals surface area contributed by atoms with E-state index in [9.17, 15) is 19.5 Å². The second kappa shape index (κ2) is 11.9. The number of aliphatic hydroxyl groups is 1. The number of para-hydroxylation sites is 1. The molecule has 8 nitrogen and oxygen atoms in total. The third-order valence-electron chi connectivity index (χ3n) is 7.87. The highest BCUT2D eigenvalue weighted by Gasteiger charge is 2.76. The molecule has 0 aliphatic carbocycles. The monoisotopic (exact) mass is 607 g/mol. The summed E-state index contributed by atoms with van der Waals surface area (Å²) in [4.78, 5) is 46.7. The van der Waals surface area contributed by atoms with Crippen LogP contribution in [-0.4, -0.2) is 88.5 Å². The quantitative estimate of drug-likeness (QED) is 0.223. The molecule has 1 aromatic carbocycles. The van der Waals surface area contributed by atoms with Gasteiger partial charge in [-0.25, -0.2) is 0 Å². The Labute approximate surface area is 237 Å². The summed E-state index contributed by atoms with van der Waals surface area (Å²) >= 11 is 10.2. The van der Waals surface area contributed by atoms with Crippen molar-refractivity contribution in [2.24, 2.45) is 11.8 Å². The van der Waals surface area contributed by atoms with Crippen molar-refractivity contribution >= 4 is 50.9 Å². The molecule has 3 aliphatic heterocycles. The number of hydrogen-bond donors (Lipinski definition) is 1. The van der Waals surface area contributed by atoms with Crippen LogP contribution < -0.4 is 4.90 Å². The fraction of sp³-hybridized carbons (Fsp3) is 0.536. The standard InChI is InChI=1S/C28H35BrClN3O5/c1-4-13-31(3)25(35)21-22-26(36)33(15-9-6-10-16-34)24(28(22)17-18(29)23(21)38-28)27(37)32(14-5-2)20-12-8-7-11-19(20)30/h4-5,7-8,11-12,18,21-24,34H,1-2,6,9-10,13-17H2,3H3/t18?,21-,22+,23-,24?,28?/m1/s1. The molecule has 1 aromatic rings. The van der Waals surface area contributed by atoms with Gasteiger partial charge in [-0.3, -0.25) is 14.4 Å². The van der Waals surface area contributed by atoms with Crippen molar-refractivity contribution in [1.82, 2.24) is 9.80 Å². The lowest BCUT2D eigenvalue weighted by Gasteiger charge is -2.37. The van der Waals surface area contributed by atoms with E-state index in [2.05, 4.69) is 29.1 Å². The van der Waals surface area contributed by atoms with Gasteiger partial charge in [-0.2, -0.15) is 0 Å². The average Bonchev–Trinajstić information content (AvgIpc) is 3.48. The number of benzene rings is 1. The smallest absolute Gasteiger partial charge is 0.253 e. The van der Waals surface area contributed by atoms with Gasteiger partial charge in [0.15, 0.2) is 0 Å². The molecule has 3 aliphatic rings. The number of carbonyl (C=O) groups excluding carboxylic acids is 3. The van der Waals surface area contributed by atoms with Crippen molar-refractivity contribution in [3.05, 3.63) is 54.6 Å². The number of carbonyl (C=O) groups is 3. The number of amides is 3. The molecular weight excluding hydrogens is 574 g/mol. The largest absolute Gasteiger partial charge is 0.396 e. The molecule has 4 rings (SSSR count). The zero-order chi connectivity index (χ0) is 27.6. The van der Waals surface area contributed by atoms with Gasteiger partial charge in [-0.15, -0.1) is 13.2 Å². The van der Waals surface area contributed by atoms with E-state index < -0.39 is 29.6 Å². The first-order chi connectivity index (χ1) is 18.2. The molecule has 6 atom stereocenters. The van der Waals surface area contributed by atoms with Gasteiger partial charge in [0.25, 0.3) is 5.91 Å². The van der Waals surface area contributed by atoms with Crippen molar-refractivity contribution < 1.29 is 24.2 Å². The van der Waals surface area contributed by atoms with Crippen molar-refractivity contribution in [1.29, 1.82) is 0 Å². The predicted molar refractivity (Wildman–Crippen MR) is 150 cm³/mol. The third-order valence-corrected chi connectivity index (χ3v) is 9.03. The molecule has 3 saturated heterocycles. The Morgan fingerprint density at radius 1 is 1.21 bits per heavy atom. The van der Waals surface area contributed by atoms with Crippen LogP contribution in [0.15, 0.2) is 49.6 Å². The molecule has 3 unspecified atom stereocenters. The summed E-state index contributed by atoms with van der Waals surface area (Å²) in [5.41, 5.74) is -0.632. The summed E-state index contributed by atoms with van der Waals surface area (Å²) in [5.74, 6) is -2.23. The normalized spacial score (nSPS) is 29.3. The van der Waals surface area contributed by atoms with E-state index in [0.717, 1.165) is 0 Å². The van der Waals surface area contributed by atoms with Crippen molar-refractivity contribution in [3.8, 4) is 0 Å². The van der Waals surface area contributed by atoms with E-state index in [1.165, 1.54) is 0 Å². The fourth-order valence-electron chi connectivity index (χ4n) is 6.29. The number of anilines is 1. The van der Waals surface area contributed by atoms with Gasteiger partial charge < -0.3 is 24.5 Å². The van der Waals surface area contributed by atoms with E-state index >= 15 is 0 Å². The summed E-state index contributed by atoms with van der Waals surface area (Å²) in [6, 6.07) is 6.13. The Bertz CT molecular complexity index is 1100. The Kier molecular flexibility index (Phi) is 9.02. The summed E-state index contributed by atoms with van der Waals surface area (Å²) in [6.45, 7) is 8.47. The number of likely N-dealkylation sites (N-methyl/N-ethyl adjacent to an activating group) is 1. The third kappa shape index (κ3) is 4.83. The number of likely N-dealkylation sites (tertiary alicyclic amines) is 1. The number of alkyl halides is 1. The molecule has 3 heterocycles. The molecule has 0 saturated carbocycles. The van der Waals surface area contributed by atoms with E-state index in [1.54, 1.807) is 58.2 Å². The lowest BCUT2D eigenvalue weighted by Crippen LogP contribution is -2.57. The Morgan fingerprint density at radius 2 is 1.92 bits per heavy atom. The van der Waals surface area contributed by atoms with Gasteiger partial charge in [0.2, 0.25) is 11.8 Å². The zero-order valence-corrected chi connectivity index (χ0v) is 23.9. The van der Waals surface area contributed by atoms with E-state index in [0.29, 0.717) is 49.5 Å². The van der Waals surface area contributed by atoms with E-state index in [-0.39, 0.29) is 35.7 Å². The van der Waals surface area contributed by atoms with Crippen molar-refractivity contribution in [2.45, 2.75) is 48.3 Å². The van der Waals surface area contributed by atoms with Crippen LogP contribution in [0, 0.1) is 11.8 Å². The van der Waals surface area contributed by atoms with Crippen LogP contribution in [0.4, 0.5) is 5.69 Å². The summed E-state index contributed by atoms with van der Waals surface area (Å²) in [7, 11) is 1.68. The summed E-state index contributed by atoms with van der Waals surface area (Å²) in [6.07, 6.45) is 5.08. The fourth-order valence-corrected chi connectivity index (χ4v) is 7.48. The minimum Gasteiger partial charge on any atom is -0.396 e.